The minimum Gasteiger partial charge on any atom is -0.461 e. The van der Waals surface area contributed by atoms with E-state index in [1.165, 1.54) is 11.8 Å². The van der Waals surface area contributed by atoms with E-state index in [1.54, 1.807) is 12.3 Å². The molecule has 0 saturated heterocycles. The van der Waals surface area contributed by atoms with Gasteiger partial charge in [0.05, 0.1) is 18.6 Å². The standard InChI is InChI=1S/C21H25N5O3S/c1-5-26-20(16-7-6-8-29-16)24-25-21(26)30-12-18(28)22-11-17(27)23-19-14(3)9-13(2)10-15(19)4/h6-10H,5,11-12H2,1-4H3,(H,22,28)(H,23,27). The third-order valence-electron chi connectivity index (χ3n) is 4.49. The number of amides is 2. The summed E-state index contributed by atoms with van der Waals surface area (Å²) in [5.41, 5.74) is 3.92. The molecule has 9 heteroatoms. The van der Waals surface area contributed by atoms with Gasteiger partial charge in [0, 0.05) is 12.2 Å². The molecule has 2 heterocycles. The van der Waals surface area contributed by atoms with Crippen molar-refractivity contribution < 1.29 is 14.0 Å². The number of hydrogen-bond donors (Lipinski definition) is 2. The predicted octanol–water partition coefficient (Wildman–Crippen LogP) is 3.33. The number of nitrogens with zero attached hydrogens (tertiary/aromatic N) is 3. The molecule has 0 fully saturated rings. The lowest BCUT2D eigenvalue weighted by molar-refractivity contribution is -0.122. The number of thioether (sulfide) groups is 1. The van der Waals surface area contributed by atoms with Crippen LogP contribution in [-0.4, -0.2) is 38.9 Å². The lowest BCUT2D eigenvalue weighted by Gasteiger charge is -2.13. The highest BCUT2D eigenvalue weighted by Gasteiger charge is 2.16. The summed E-state index contributed by atoms with van der Waals surface area (Å²) >= 11 is 1.26. The molecule has 2 N–H and O–H groups in total. The lowest BCUT2D eigenvalue weighted by atomic mass is 10.1. The quantitative estimate of drug-likeness (QED) is 0.535. The van der Waals surface area contributed by atoms with Gasteiger partial charge in [0.2, 0.25) is 11.8 Å². The van der Waals surface area contributed by atoms with Crippen molar-refractivity contribution >= 4 is 29.3 Å². The van der Waals surface area contributed by atoms with E-state index in [-0.39, 0.29) is 24.1 Å². The van der Waals surface area contributed by atoms with Gasteiger partial charge < -0.3 is 15.1 Å². The second-order valence-electron chi connectivity index (χ2n) is 6.92. The number of rotatable bonds is 8. The Morgan fingerprint density at radius 3 is 2.50 bits per heavy atom. The smallest absolute Gasteiger partial charge is 0.243 e. The van der Waals surface area contributed by atoms with E-state index in [2.05, 4.69) is 20.8 Å². The number of aryl methyl sites for hydroxylation is 3. The van der Waals surface area contributed by atoms with Crippen molar-refractivity contribution in [3.63, 3.8) is 0 Å². The number of nitrogens with one attached hydrogen (secondary N) is 2. The van der Waals surface area contributed by atoms with Crippen LogP contribution < -0.4 is 10.6 Å². The van der Waals surface area contributed by atoms with Crippen LogP contribution in [0.15, 0.2) is 40.1 Å². The van der Waals surface area contributed by atoms with Gasteiger partial charge in [-0.2, -0.15) is 0 Å². The molecule has 0 bridgehead atoms. The number of carbonyl (C=O) groups is 2. The normalized spacial score (nSPS) is 10.8. The topological polar surface area (TPSA) is 102 Å². The van der Waals surface area contributed by atoms with Gasteiger partial charge in [-0.25, -0.2) is 0 Å². The second-order valence-corrected chi connectivity index (χ2v) is 7.86. The molecule has 0 spiro atoms. The fourth-order valence-electron chi connectivity index (χ4n) is 3.19. The summed E-state index contributed by atoms with van der Waals surface area (Å²) in [7, 11) is 0. The summed E-state index contributed by atoms with van der Waals surface area (Å²) in [4.78, 5) is 24.4. The Morgan fingerprint density at radius 1 is 1.13 bits per heavy atom. The van der Waals surface area contributed by atoms with Gasteiger partial charge in [0.1, 0.15) is 0 Å². The van der Waals surface area contributed by atoms with E-state index < -0.39 is 0 Å². The molecule has 0 aliphatic heterocycles. The van der Waals surface area contributed by atoms with Crippen LogP contribution in [0, 0.1) is 20.8 Å². The summed E-state index contributed by atoms with van der Waals surface area (Å²) in [6, 6.07) is 7.62. The van der Waals surface area contributed by atoms with E-state index in [0.29, 0.717) is 23.3 Å². The average Bonchev–Trinajstić information content (AvgIpc) is 3.36. The first kappa shape index (κ1) is 21.6. The summed E-state index contributed by atoms with van der Waals surface area (Å²) in [5, 5.41) is 14.4. The molecule has 0 aliphatic carbocycles. The number of anilines is 1. The molecule has 8 nitrogen and oxygen atoms in total. The number of furan rings is 1. The van der Waals surface area contributed by atoms with Gasteiger partial charge in [-0.05, 0) is 51.0 Å². The highest BCUT2D eigenvalue weighted by Crippen LogP contribution is 2.24. The van der Waals surface area contributed by atoms with Gasteiger partial charge in [-0.3, -0.25) is 14.2 Å². The Morgan fingerprint density at radius 2 is 1.87 bits per heavy atom. The predicted molar refractivity (Wildman–Crippen MR) is 116 cm³/mol. The minimum atomic E-state index is -0.264. The second kappa shape index (κ2) is 9.62. The largest absolute Gasteiger partial charge is 0.461 e. The first-order valence-corrected chi connectivity index (χ1v) is 10.6. The van der Waals surface area contributed by atoms with Crippen LogP contribution in [0.25, 0.3) is 11.6 Å². The van der Waals surface area contributed by atoms with E-state index in [0.717, 1.165) is 22.4 Å². The summed E-state index contributed by atoms with van der Waals surface area (Å²) in [6.07, 6.45) is 1.58. The molecule has 2 aromatic heterocycles. The monoisotopic (exact) mass is 427 g/mol. The molecule has 158 valence electrons. The van der Waals surface area contributed by atoms with Crippen LogP contribution in [-0.2, 0) is 16.1 Å². The Kier molecular flexibility index (Phi) is 6.94. The highest BCUT2D eigenvalue weighted by atomic mass is 32.2. The van der Waals surface area contributed by atoms with Crippen molar-refractivity contribution in [2.45, 2.75) is 39.4 Å². The molecular weight excluding hydrogens is 402 g/mol. The fraction of sp³-hybridized carbons (Fsp3) is 0.333. The zero-order chi connectivity index (χ0) is 21.7. The summed E-state index contributed by atoms with van der Waals surface area (Å²) in [5.74, 6) is 0.858. The molecule has 3 aromatic rings. The SMILES string of the molecule is CCn1c(SCC(=O)NCC(=O)Nc2c(C)cc(C)cc2C)nnc1-c1ccco1. The third-order valence-corrected chi connectivity index (χ3v) is 5.46. The summed E-state index contributed by atoms with van der Waals surface area (Å²) in [6.45, 7) is 8.44. The molecule has 30 heavy (non-hydrogen) atoms. The van der Waals surface area contributed by atoms with Crippen LogP contribution in [0.3, 0.4) is 0 Å². The van der Waals surface area contributed by atoms with Crippen LogP contribution in [0.1, 0.15) is 23.6 Å². The van der Waals surface area contributed by atoms with Gasteiger partial charge >= 0.3 is 0 Å². The van der Waals surface area contributed by atoms with Crippen molar-refractivity contribution in [2.24, 2.45) is 0 Å². The summed E-state index contributed by atoms with van der Waals surface area (Å²) < 4.78 is 7.26. The van der Waals surface area contributed by atoms with Gasteiger partial charge in [0.25, 0.3) is 0 Å². The first-order chi connectivity index (χ1) is 14.4. The Labute approximate surface area is 179 Å². The van der Waals surface area contributed by atoms with Gasteiger partial charge in [-0.1, -0.05) is 29.5 Å². The number of hydrogen-bond acceptors (Lipinski definition) is 6. The molecule has 0 saturated carbocycles. The van der Waals surface area contributed by atoms with Crippen molar-refractivity contribution in [1.82, 2.24) is 20.1 Å². The lowest BCUT2D eigenvalue weighted by Crippen LogP contribution is -2.34. The van der Waals surface area contributed by atoms with Crippen molar-refractivity contribution in [3.05, 3.63) is 47.2 Å². The number of carbonyl (C=O) groups excluding carboxylic acids is 2. The van der Waals surface area contributed by atoms with E-state index >= 15 is 0 Å². The van der Waals surface area contributed by atoms with Crippen LogP contribution in [0.2, 0.25) is 0 Å². The fourth-order valence-corrected chi connectivity index (χ4v) is 4.02. The molecular formula is C21H25N5O3S. The molecule has 0 radical (unpaired) electrons. The Bertz CT molecular complexity index is 1020. The number of benzene rings is 1. The van der Waals surface area contributed by atoms with Gasteiger partial charge in [-0.15, -0.1) is 10.2 Å². The Balaban J connectivity index is 1.52. The van der Waals surface area contributed by atoms with Gasteiger partial charge in [0.15, 0.2) is 16.7 Å². The molecule has 1 aromatic carbocycles. The highest BCUT2D eigenvalue weighted by molar-refractivity contribution is 7.99. The molecule has 0 aliphatic rings. The maximum atomic E-state index is 12.2. The van der Waals surface area contributed by atoms with Crippen molar-refractivity contribution in [2.75, 3.05) is 17.6 Å². The zero-order valence-corrected chi connectivity index (χ0v) is 18.3. The zero-order valence-electron chi connectivity index (χ0n) is 17.5. The van der Waals surface area contributed by atoms with Crippen LogP contribution in [0.4, 0.5) is 5.69 Å². The number of aromatic nitrogens is 3. The first-order valence-electron chi connectivity index (χ1n) is 9.63. The molecule has 3 rings (SSSR count). The minimum absolute atomic E-state index is 0.0930. The van der Waals surface area contributed by atoms with E-state index in [1.807, 2.05) is 50.5 Å². The molecule has 2 amide bonds. The maximum absolute atomic E-state index is 12.2. The Hall–Kier alpha value is -3.07. The maximum Gasteiger partial charge on any atom is 0.243 e. The van der Waals surface area contributed by atoms with Crippen LogP contribution in [0.5, 0.6) is 0 Å². The van der Waals surface area contributed by atoms with Crippen molar-refractivity contribution in [1.29, 1.82) is 0 Å². The molecule has 0 unspecified atom stereocenters. The molecule has 0 atom stereocenters. The van der Waals surface area contributed by atoms with Crippen LogP contribution >= 0.6 is 11.8 Å². The van der Waals surface area contributed by atoms with Crippen molar-refractivity contribution in [3.8, 4) is 11.6 Å². The van der Waals surface area contributed by atoms with E-state index in [4.69, 9.17) is 4.42 Å². The van der Waals surface area contributed by atoms with E-state index in [9.17, 15) is 9.59 Å². The average molecular weight is 428 g/mol. The third kappa shape index (κ3) is 5.10.